The van der Waals surface area contributed by atoms with Crippen LogP contribution in [-0.2, 0) is 11.3 Å². The number of benzene rings is 2. The van der Waals surface area contributed by atoms with Crippen LogP contribution in [0.1, 0.15) is 16.8 Å². The molecule has 0 saturated carbocycles. The number of hydrogen-bond donors (Lipinski definition) is 1. The molecule has 2 aromatic heterocycles. The van der Waals surface area contributed by atoms with Gasteiger partial charge in [0.05, 0.1) is 17.1 Å². The monoisotopic (exact) mass is 404 g/mol. The van der Waals surface area contributed by atoms with Crippen LogP contribution in [0.25, 0.3) is 16.7 Å². The molecule has 1 N–H and O–H groups in total. The van der Waals surface area contributed by atoms with E-state index >= 15 is 0 Å². The van der Waals surface area contributed by atoms with Crippen molar-refractivity contribution in [3.63, 3.8) is 0 Å². The third kappa shape index (κ3) is 3.50. The lowest BCUT2D eigenvalue weighted by Gasteiger charge is -2.13. The third-order valence-corrected chi connectivity index (χ3v) is 5.02. The van der Waals surface area contributed by atoms with Crippen molar-refractivity contribution in [2.45, 2.75) is 27.3 Å². The average molecular weight is 404 g/mol. The quantitative estimate of drug-likeness (QED) is 0.561. The zero-order chi connectivity index (χ0) is 21.4. The van der Waals surface area contributed by atoms with E-state index < -0.39 is 11.7 Å². The van der Waals surface area contributed by atoms with Crippen molar-refractivity contribution in [1.29, 1.82) is 0 Å². The van der Waals surface area contributed by atoms with Crippen LogP contribution in [-0.4, -0.2) is 20.3 Å². The summed E-state index contributed by atoms with van der Waals surface area (Å²) >= 11 is 0. The van der Waals surface area contributed by atoms with Crippen molar-refractivity contribution in [2.24, 2.45) is 0 Å². The van der Waals surface area contributed by atoms with E-state index in [0.717, 1.165) is 27.9 Å². The summed E-state index contributed by atoms with van der Waals surface area (Å²) in [5.74, 6) is -1.03. The van der Waals surface area contributed by atoms with Crippen LogP contribution in [0.2, 0.25) is 0 Å². The second-order valence-corrected chi connectivity index (χ2v) is 7.31. The average Bonchev–Trinajstić information content (AvgIpc) is 3.05. The molecule has 0 aliphatic rings. The minimum atomic E-state index is -0.534. The molecule has 0 bridgehead atoms. The maximum Gasteiger partial charge on any atom is 0.252 e. The number of pyridine rings is 1. The van der Waals surface area contributed by atoms with E-state index in [1.165, 1.54) is 22.8 Å². The molecular weight excluding hydrogens is 383 g/mol. The van der Waals surface area contributed by atoms with E-state index in [1.807, 2.05) is 45.0 Å². The van der Waals surface area contributed by atoms with Crippen molar-refractivity contribution in [3.8, 4) is 5.69 Å². The van der Waals surface area contributed by atoms with Gasteiger partial charge in [-0.05, 0) is 50.6 Å². The fourth-order valence-electron chi connectivity index (χ4n) is 3.58. The molecule has 0 unspecified atom stereocenters. The Labute approximate surface area is 172 Å². The first-order valence-corrected chi connectivity index (χ1v) is 9.56. The number of para-hydroxylation sites is 1. The summed E-state index contributed by atoms with van der Waals surface area (Å²) in [6.07, 6.45) is 0. The first-order valence-electron chi connectivity index (χ1n) is 9.56. The largest absolute Gasteiger partial charge is 0.322 e. The minimum Gasteiger partial charge on any atom is -0.322 e. The topological polar surface area (TPSA) is 68.9 Å². The first-order chi connectivity index (χ1) is 14.3. The van der Waals surface area contributed by atoms with Gasteiger partial charge >= 0.3 is 0 Å². The van der Waals surface area contributed by atoms with E-state index in [4.69, 9.17) is 0 Å². The molecule has 0 saturated heterocycles. The number of nitrogens with zero attached hydrogens (tertiary/aromatic N) is 3. The fraction of sp³-hybridized carbons (Fsp3) is 0.174. The standard InChI is InChI=1S/C23H21FN4O2/c1-14-8-10-17(11-9-14)28-23-22(16(3)26-28)15(2)12-21(30)27(23)13-20(29)25-19-7-5-4-6-18(19)24/h4-12H,13H2,1-3H3,(H,25,29). The van der Waals surface area contributed by atoms with Crippen LogP contribution < -0.4 is 10.9 Å². The zero-order valence-electron chi connectivity index (χ0n) is 16.9. The Bertz CT molecular complexity index is 1320. The van der Waals surface area contributed by atoms with Crippen LogP contribution in [0.3, 0.4) is 0 Å². The van der Waals surface area contributed by atoms with Crippen LogP contribution in [0, 0.1) is 26.6 Å². The number of hydrogen-bond acceptors (Lipinski definition) is 3. The van der Waals surface area contributed by atoms with Crippen molar-refractivity contribution in [2.75, 3.05) is 5.32 Å². The lowest BCUT2D eigenvalue weighted by atomic mass is 10.1. The Kier molecular flexibility index (Phi) is 4.95. The minimum absolute atomic E-state index is 0.0714. The van der Waals surface area contributed by atoms with Gasteiger partial charge in [-0.3, -0.25) is 14.2 Å². The number of rotatable bonds is 4. The van der Waals surface area contributed by atoms with Crippen molar-refractivity contribution in [1.82, 2.24) is 14.3 Å². The van der Waals surface area contributed by atoms with Crippen molar-refractivity contribution < 1.29 is 9.18 Å². The Morgan fingerprint density at radius 2 is 1.77 bits per heavy atom. The lowest BCUT2D eigenvalue weighted by molar-refractivity contribution is -0.116. The highest BCUT2D eigenvalue weighted by Crippen LogP contribution is 2.24. The summed E-state index contributed by atoms with van der Waals surface area (Å²) in [4.78, 5) is 25.5. The van der Waals surface area contributed by atoms with E-state index in [-0.39, 0.29) is 17.8 Å². The van der Waals surface area contributed by atoms with E-state index in [1.54, 1.807) is 16.8 Å². The number of halogens is 1. The summed E-state index contributed by atoms with van der Waals surface area (Å²) in [5, 5.41) is 7.97. The molecule has 0 spiro atoms. The van der Waals surface area contributed by atoms with Crippen LogP contribution in [0.15, 0.2) is 59.4 Å². The van der Waals surface area contributed by atoms with Crippen LogP contribution in [0.5, 0.6) is 0 Å². The van der Waals surface area contributed by atoms with Gasteiger partial charge in [0.15, 0.2) is 0 Å². The molecule has 0 atom stereocenters. The summed E-state index contributed by atoms with van der Waals surface area (Å²) < 4.78 is 16.9. The highest BCUT2D eigenvalue weighted by molar-refractivity contribution is 5.92. The number of carbonyl (C=O) groups excluding carboxylic acids is 1. The van der Waals surface area contributed by atoms with Gasteiger partial charge < -0.3 is 5.32 Å². The normalized spacial score (nSPS) is 11.1. The highest BCUT2D eigenvalue weighted by atomic mass is 19.1. The van der Waals surface area contributed by atoms with Gasteiger partial charge in [-0.25, -0.2) is 9.07 Å². The van der Waals surface area contributed by atoms with Gasteiger partial charge in [-0.15, -0.1) is 0 Å². The molecule has 2 aromatic carbocycles. The SMILES string of the molecule is Cc1ccc(-n2nc(C)c3c(C)cc(=O)n(CC(=O)Nc4ccccc4F)c32)cc1. The second-order valence-electron chi connectivity index (χ2n) is 7.31. The maximum atomic E-state index is 13.9. The molecule has 6 nitrogen and oxygen atoms in total. The molecule has 2 heterocycles. The van der Waals surface area contributed by atoms with Crippen LogP contribution in [0.4, 0.5) is 10.1 Å². The van der Waals surface area contributed by atoms with Crippen molar-refractivity contribution in [3.05, 3.63) is 87.6 Å². The van der Waals surface area contributed by atoms with Gasteiger partial charge in [-0.2, -0.15) is 5.10 Å². The zero-order valence-corrected chi connectivity index (χ0v) is 16.9. The molecule has 0 fully saturated rings. The number of amides is 1. The molecule has 7 heteroatoms. The summed E-state index contributed by atoms with van der Waals surface area (Å²) in [6, 6.07) is 15.2. The number of nitrogens with one attached hydrogen (secondary N) is 1. The van der Waals surface area contributed by atoms with Gasteiger partial charge in [0.25, 0.3) is 5.56 Å². The molecule has 0 radical (unpaired) electrons. The Hall–Kier alpha value is -3.74. The number of fused-ring (bicyclic) bond motifs is 1. The van der Waals surface area contributed by atoms with Gasteiger partial charge in [0.2, 0.25) is 5.91 Å². The van der Waals surface area contributed by atoms with Gasteiger partial charge in [-0.1, -0.05) is 29.8 Å². The van der Waals surface area contributed by atoms with Crippen molar-refractivity contribution >= 4 is 22.6 Å². The molecule has 1 amide bonds. The summed E-state index contributed by atoms with van der Waals surface area (Å²) in [6.45, 7) is 5.44. The molecule has 4 rings (SSSR count). The second kappa shape index (κ2) is 7.59. The van der Waals surface area contributed by atoms with Gasteiger partial charge in [0, 0.05) is 11.5 Å². The Balaban J connectivity index is 1.83. The van der Waals surface area contributed by atoms with Gasteiger partial charge in [0.1, 0.15) is 18.0 Å². The Morgan fingerprint density at radius 3 is 2.47 bits per heavy atom. The number of anilines is 1. The molecule has 152 valence electrons. The number of carbonyl (C=O) groups is 1. The third-order valence-electron chi connectivity index (χ3n) is 5.02. The molecule has 4 aromatic rings. The van der Waals surface area contributed by atoms with E-state index in [2.05, 4.69) is 10.4 Å². The maximum absolute atomic E-state index is 13.9. The smallest absolute Gasteiger partial charge is 0.252 e. The molecular formula is C23H21FN4O2. The summed E-state index contributed by atoms with van der Waals surface area (Å²) in [7, 11) is 0. The molecule has 0 aliphatic carbocycles. The predicted molar refractivity (Wildman–Crippen MR) is 115 cm³/mol. The highest BCUT2D eigenvalue weighted by Gasteiger charge is 2.19. The van der Waals surface area contributed by atoms with E-state index in [9.17, 15) is 14.0 Å². The Morgan fingerprint density at radius 1 is 1.07 bits per heavy atom. The number of aryl methyl sites for hydroxylation is 3. The lowest BCUT2D eigenvalue weighted by Crippen LogP contribution is -2.29. The molecule has 0 aliphatic heterocycles. The number of aromatic nitrogens is 3. The summed E-state index contributed by atoms with van der Waals surface area (Å²) in [5.41, 5.74) is 3.71. The first kappa shape index (κ1) is 19.6. The molecule has 30 heavy (non-hydrogen) atoms. The van der Waals surface area contributed by atoms with Crippen LogP contribution >= 0.6 is 0 Å². The predicted octanol–water partition coefficient (Wildman–Crippen LogP) is 3.89. The fourth-order valence-corrected chi connectivity index (χ4v) is 3.58. The van der Waals surface area contributed by atoms with E-state index in [0.29, 0.717) is 5.65 Å².